The second-order valence-corrected chi connectivity index (χ2v) is 6.99. The zero-order chi connectivity index (χ0) is 16.1. The Morgan fingerprint density at radius 3 is 3.00 bits per heavy atom. The molecule has 0 bridgehead atoms. The molecule has 0 aliphatic carbocycles. The van der Waals surface area contributed by atoms with Gasteiger partial charge in [0.05, 0.1) is 17.5 Å². The number of ether oxygens (including phenoxy) is 1. The molecule has 1 fully saturated rings. The van der Waals surface area contributed by atoms with E-state index in [1.165, 1.54) is 5.56 Å². The lowest BCUT2D eigenvalue weighted by Crippen LogP contribution is -2.45. The monoisotopic (exact) mass is 368 g/mol. The zero-order valence-electron chi connectivity index (χ0n) is 13.3. The maximum atomic E-state index is 12.3. The summed E-state index contributed by atoms with van der Waals surface area (Å²) < 4.78 is 6.63. The third-order valence-corrected chi connectivity index (χ3v) is 4.83. The van der Waals surface area contributed by atoms with Crippen molar-refractivity contribution in [2.75, 3.05) is 19.7 Å². The number of nitrogens with two attached hydrogens (primary N) is 1. The zero-order valence-corrected chi connectivity index (χ0v) is 14.9. The normalized spacial score (nSPS) is 19.8. The molecule has 122 valence electrons. The first-order chi connectivity index (χ1) is 10.5. The number of rotatable bonds is 5. The Labute approximate surface area is 141 Å². The Morgan fingerprint density at radius 1 is 1.55 bits per heavy atom. The summed E-state index contributed by atoms with van der Waals surface area (Å²) in [6, 6.07) is 6.08. The molecule has 1 amide bonds. The lowest BCUT2D eigenvalue weighted by atomic mass is 9.92. The summed E-state index contributed by atoms with van der Waals surface area (Å²) in [6.45, 7) is 6.08. The predicted molar refractivity (Wildman–Crippen MR) is 91.9 cm³/mol. The fraction of sp³-hybridized carbons (Fsp3) is 0.588. The van der Waals surface area contributed by atoms with Crippen LogP contribution in [0.4, 0.5) is 0 Å². The van der Waals surface area contributed by atoms with Crippen molar-refractivity contribution in [2.24, 2.45) is 11.7 Å². The summed E-state index contributed by atoms with van der Waals surface area (Å²) in [5.74, 6) is 1.36. The van der Waals surface area contributed by atoms with Crippen molar-refractivity contribution >= 4 is 21.8 Å². The average Bonchev–Trinajstić information content (AvgIpc) is 2.49. The molecular formula is C17H25BrN2O2. The number of hydrogen-bond acceptors (Lipinski definition) is 3. The minimum Gasteiger partial charge on any atom is -0.492 e. The highest BCUT2D eigenvalue weighted by Gasteiger charge is 2.25. The third kappa shape index (κ3) is 4.71. The van der Waals surface area contributed by atoms with E-state index in [0.29, 0.717) is 18.9 Å². The summed E-state index contributed by atoms with van der Waals surface area (Å²) in [7, 11) is 0. The molecule has 0 unspecified atom stereocenters. The first kappa shape index (κ1) is 17.3. The molecule has 1 saturated heterocycles. The fourth-order valence-corrected chi connectivity index (χ4v) is 3.40. The van der Waals surface area contributed by atoms with E-state index in [0.717, 1.165) is 36.2 Å². The van der Waals surface area contributed by atoms with Crippen molar-refractivity contribution in [3.8, 4) is 5.75 Å². The van der Waals surface area contributed by atoms with E-state index in [1.54, 1.807) is 0 Å². The highest BCUT2D eigenvalue weighted by atomic mass is 79.9. The number of carbonyl (C=O) groups is 1. The van der Waals surface area contributed by atoms with Crippen molar-refractivity contribution in [3.05, 3.63) is 28.2 Å². The van der Waals surface area contributed by atoms with Crippen LogP contribution in [0, 0.1) is 12.8 Å². The largest absolute Gasteiger partial charge is 0.492 e. The van der Waals surface area contributed by atoms with Gasteiger partial charge < -0.3 is 15.4 Å². The maximum absolute atomic E-state index is 12.3. The highest BCUT2D eigenvalue weighted by molar-refractivity contribution is 9.10. The number of amides is 1. The Morgan fingerprint density at radius 2 is 2.32 bits per heavy atom. The number of hydrogen-bond donors (Lipinski definition) is 1. The molecule has 2 rings (SSSR count). The number of nitrogens with zero attached hydrogens (tertiary/aromatic N) is 1. The SMILES string of the molecule is Cc1ccc(OCCC(=O)N2CCC[C@@H]([C@@H](C)N)C2)c(Br)c1. The van der Waals surface area contributed by atoms with Gasteiger partial charge in [-0.15, -0.1) is 0 Å². The molecule has 0 radical (unpaired) electrons. The summed E-state index contributed by atoms with van der Waals surface area (Å²) in [4.78, 5) is 14.2. The summed E-state index contributed by atoms with van der Waals surface area (Å²) in [6.07, 6.45) is 2.57. The quantitative estimate of drug-likeness (QED) is 0.868. The minimum atomic E-state index is 0.148. The van der Waals surface area contributed by atoms with Gasteiger partial charge in [0.25, 0.3) is 0 Å². The van der Waals surface area contributed by atoms with Crippen molar-refractivity contribution in [1.82, 2.24) is 4.90 Å². The topological polar surface area (TPSA) is 55.6 Å². The van der Waals surface area contributed by atoms with Crippen LogP contribution in [0.5, 0.6) is 5.75 Å². The Balaban J connectivity index is 1.80. The molecule has 1 aromatic carbocycles. The molecule has 1 heterocycles. The molecule has 1 aromatic rings. The van der Waals surface area contributed by atoms with E-state index in [2.05, 4.69) is 15.9 Å². The van der Waals surface area contributed by atoms with Gasteiger partial charge in [-0.25, -0.2) is 0 Å². The lowest BCUT2D eigenvalue weighted by molar-refractivity contribution is -0.133. The summed E-state index contributed by atoms with van der Waals surface area (Å²) in [5.41, 5.74) is 7.14. The fourth-order valence-electron chi connectivity index (χ4n) is 2.80. The van der Waals surface area contributed by atoms with Gasteiger partial charge in [-0.1, -0.05) is 6.07 Å². The van der Waals surface area contributed by atoms with Crippen molar-refractivity contribution < 1.29 is 9.53 Å². The Hall–Kier alpha value is -1.07. The van der Waals surface area contributed by atoms with Crippen molar-refractivity contribution in [3.63, 3.8) is 0 Å². The predicted octanol–water partition coefficient (Wildman–Crippen LogP) is 3.11. The Kier molecular flexibility index (Phi) is 6.26. The van der Waals surface area contributed by atoms with Gasteiger partial charge in [-0.2, -0.15) is 0 Å². The van der Waals surface area contributed by atoms with E-state index in [-0.39, 0.29) is 11.9 Å². The molecule has 0 saturated carbocycles. The van der Waals surface area contributed by atoms with Gasteiger partial charge in [-0.3, -0.25) is 4.79 Å². The average molecular weight is 369 g/mol. The summed E-state index contributed by atoms with van der Waals surface area (Å²) >= 11 is 3.48. The number of likely N-dealkylation sites (tertiary alicyclic amines) is 1. The van der Waals surface area contributed by atoms with Crippen molar-refractivity contribution in [2.45, 2.75) is 39.2 Å². The van der Waals surface area contributed by atoms with Crippen molar-refractivity contribution in [1.29, 1.82) is 0 Å². The standard InChI is InChI=1S/C17H25BrN2O2/c1-12-5-6-16(15(18)10-12)22-9-7-17(21)20-8-3-4-14(11-20)13(2)19/h5-6,10,13-14H,3-4,7-9,11,19H2,1-2H3/t13-,14-/m1/s1. The smallest absolute Gasteiger partial charge is 0.226 e. The molecule has 1 aliphatic heterocycles. The molecule has 1 aliphatic rings. The molecule has 0 spiro atoms. The van der Waals surface area contributed by atoms with Crippen LogP contribution in [0.1, 0.15) is 31.7 Å². The molecule has 2 N–H and O–H groups in total. The van der Waals surface area contributed by atoms with E-state index in [9.17, 15) is 4.79 Å². The van der Waals surface area contributed by atoms with E-state index >= 15 is 0 Å². The van der Waals surface area contributed by atoms with Crippen LogP contribution in [0.3, 0.4) is 0 Å². The minimum absolute atomic E-state index is 0.148. The number of aryl methyl sites for hydroxylation is 1. The van der Waals surface area contributed by atoms with Gasteiger partial charge in [0, 0.05) is 19.1 Å². The molecular weight excluding hydrogens is 344 g/mol. The summed E-state index contributed by atoms with van der Waals surface area (Å²) in [5, 5.41) is 0. The number of halogens is 1. The molecule has 5 heteroatoms. The molecule has 0 aromatic heterocycles. The third-order valence-electron chi connectivity index (χ3n) is 4.21. The molecule has 22 heavy (non-hydrogen) atoms. The van der Waals surface area contributed by atoms with Crippen LogP contribution < -0.4 is 10.5 Å². The first-order valence-electron chi connectivity index (χ1n) is 7.89. The Bertz CT molecular complexity index is 519. The van der Waals surface area contributed by atoms with Gasteiger partial charge >= 0.3 is 0 Å². The number of benzene rings is 1. The van der Waals surface area contributed by atoms with Crippen LogP contribution >= 0.6 is 15.9 Å². The molecule has 4 nitrogen and oxygen atoms in total. The maximum Gasteiger partial charge on any atom is 0.226 e. The second-order valence-electron chi connectivity index (χ2n) is 6.13. The van der Waals surface area contributed by atoms with Crippen LogP contribution in [-0.4, -0.2) is 36.5 Å². The molecule has 2 atom stereocenters. The number of carbonyl (C=O) groups excluding carboxylic acids is 1. The van der Waals surface area contributed by atoms with Crippen LogP contribution in [0.15, 0.2) is 22.7 Å². The van der Waals surface area contributed by atoms with Crippen LogP contribution in [0.2, 0.25) is 0 Å². The van der Waals surface area contributed by atoms with Gasteiger partial charge in [-0.05, 0) is 66.2 Å². The van der Waals surface area contributed by atoms with Gasteiger partial charge in [0.2, 0.25) is 5.91 Å². The number of piperidine rings is 1. The second kappa shape index (κ2) is 7.97. The van der Waals surface area contributed by atoms with E-state index in [4.69, 9.17) is 10.5 Å². The first-order valence-corrected chi connectivity index (χ1v) is 8.69. The highest BCUT2D eigenvalue weighted by Crippen LogP contribution is 2.26. The van der Waals surface area contributed by atoms with Crippen LogP contribution in [-0.2, 0) is 4.79 Å². The van der Waals surface area contributed by atoms with Gasteiger partial charge in [0.1, 0.15) is 5.75 Å². The van der Waals surface area contributed by atoms with Crippen LogP contribution in [0.25, 0.3) is 0 Å². The van der Waals surface area contributed by atoms with Gasteiger partial charge in [0.15, 0.2) is 0 Å². The van der Waals surface area contributed by atoms with E-state index in [1.807, 2.05) is 36.9 Å². The lowest BCUT2D eigenvalue weighted by Gasteiger charge is -2.34. The van der Waals surface area contributed by atoms with E-state index < -0.39 is 0 Å².